The summed E-state index contributed by atoms with van der Waals surface area (Å²) in [5, 5.41) is 17.7. The number of aliphatic hydroxyl groups excluding tert-OH is 1. The molecule has 0 atom stereocenters. The largest absolute Gasteiger partial charge is 0.392 e. The highest BCUT2D eigenvalue weighted by Gasteiger charge is 2.07. The Morgan fingerprint density at radius 1 is 1.35 bits per heavy atom. The monoisotopic (exact) mass is 234 g/mol. The predicted octanol–water partition coefficient (Wildman–Crippen LogP) is 1.20. The fourth-order valence-corrected chi connectivity index (χ4v) is 1.83. The molecule has 2 heterocycles. The first kappa shape index (κ1) is 11.9. The van der Waals surface area contributed by atoms with Crippen LogP contribution in [0.2, 0.25) is 0 Å². The second-order valence-corrected chi connectivity index (χ2v) is 4.00. The molecule has 1 N–H and O–H groups in total. The van der Waals surface area contributed by atoms with Crippen LogP contribution in [0.1, 0.15) is 30.8 Å². The van der Waals surface area contributed by atoms with Crippen LogP contribution in [0.5, 0.6) is 0 Å². The molecule has 0 unspecified atom stereocenters. The van der Waals surface area contributed by atoms with Crippen molar-refractivity contribution < 1.29 is 5.11 Å². The lowest BCUT2D eigenvalue weighted by molar-refractivity contribution is 0.281. The van der Waals surface area contributed by atoms with E-state index in [1.165, 1.54) is 0 Å². The molecule has 2 aromatic rings. The molecule has 0 fully saturated rings. The molecule has 0 aromatic carbocycles. The Morgan fingerprint density at radius 2 is 2.18 bits per heavy atom. The number of nitrogens with zero attached hydrogens (tertiary/aromatic N) is 4. The Labute approximate surface area is 101 Å². The van der Waals surface area contributed by atoms with E-state index in [9.17, 15) is 0 Å². The average Bonchev–Trinajstić information content (AvgIpc) is 2.95. The molecule has 2 aromatic heterocycles. The smallest absolute Gasteiger partial charge is 0.0828 e. The van der Waals surface area contributed by atoms with Crippen molar-refractivity contribution in [3.63, 3.8) is 0 Å². The first-order valence-corrected chi connectivity index (χ1v) is 5.94. The first-order valence-electron chi connectivity index (χ1n) is 5.94. The number of aromatic nitrogens is 4. The van der Waals surface area contributed by atoms with Crippen molar-refractivity contribution in [3.05, 3.63) is 35.4 Å². The van der Waals surface area contributed by atoms with Crippen LogP contribution < -0.4 is 0 Å². The van der Waals surface area contributed by atoms with Crippen LogP contribution >= 0.6 is 0 Å². The van der Waals surface area contributed by atoms with Gasteiger partial charge in [-0.1, -0.05) is 6.92 Å². The van der Waals surface area contributed by atoms with Crippen molar-refractivity contribution in [1.82, 2.24) is 19.6 Å². The molecule has 0 amide bonds. The van der Waals surface area contributed by atoms with Gasteiger partial charge in [0.2, 0.25) is 0 Å². The maximum atomic E-state index is 8.99. The van der Waals surface area contributed by atoms with Crippen molar-refractivity contribution in [1.29, 1.82) is 0 Å². The maximum absolute atomic E-state index is 8.99. The summed E-state index contributed by atoms with van der Waals surface area (Å²) in [6, 6.07) is 2.11. The van der Waals surface area contributed by atoms with Crippen molar-refractivity contribution in [3.8, 4) is 0 Å². The molecule has 0 radical (unpaired) electrons. The van der Waals surface area contributed by atoms with Crippen LogP contribution in [0.3, 0.4) is 0 Å². The summed E-state index contributed by atoms with van der Waals surface area (Å²) in [5.41, 5.74) is 3.09. The van der Waals surface area contributed by atoms with Crippen LogP contribution in [-0.2, 0) is 26.1 Å². The van der Waals surface area contributed by atoms with Gasteiger partial charge in [0.1, 0.15) is 0 Å². The molecule has 0 aliphatic carbocycles. The van der Waals surface area contributed by atoms with Crippen LogP contribution in [0.25, 0.3) is 0 Å². The number of rotatable bonds is 5. The Bertz CT molecular complexity index is 486. The topological polar surface area (TPSA) is 55.9 Å². The zero-order valence-electron chi connectivity index (χ0n) is 10.3. The summed E-state index contributed by atoms with van der Waals surface area (Å²) in [6.45, 7) is 5.78. The lowest BCUT2D eigenvalue weighted by Gasteiger charge is -2.04. The molecule has 0 aliphatic heterocycles. The molecular formula is C12H18N4O. The third kappa shape index (κ3) is 2.55. The number of aryl methyl sites for hydroxylation is 2. The highest BCUT2D eigenvalue weighted by Crippen LogP contribution is 2.08. The zero-order valence-corrected chi connectivity index (χ0v) is 10.3. The number of hydrogen-bond donors (Lipinski definition) is 1. The Hall–Kier alpha value is -1.62. The van der Waals surface area contributed by atoms with E-state index in [2.05, 4.69) is 30.1 Å². The van der Waals surface area contributed by atoms with Crippen LogP contribution in [0.15, 0.2) is 18.5 Å². The van der Waals surface area contributed by atoms with Crippen molar-refractivity contribution in [2.24, 2.45) is 0 Å². The summed E-state index contributed by atoms with van der Waals surface area (Å²) in [7, 11) is 0. The van der Waals surface area contributed by atoms with E-state index in [4.69, 9.17) is 5.11 Å². The summed E-state index contributed by atoms with van der Waals surface area (Å²) in [5.74, 6) is 0. The lowest BCUT2D eigenvalue weighted by atomic mass is 10.3. The Kier molecular flexibility index (Phi) is 3.58. The fourth-order valence-electron chi connectivity index (χ4n) is 1.83. The lowest BCUT2D eigenvalue weighted by Crippen LogP contribution is -2.08. The molecule has 0 aliphatic rings. The van der Waals surface area contributed by atoms with E-state index in [1.54, 1.807) is 6.20 Å². The standard InChI is InChI=1S/C12H18N4O/c1-3-11-5-12(16(4-2)14-11)8-15-7-10(9-17)6-13-15/h5-7,17H,3-4,8-9H2,1-2H3. The van der Waals surface area contributed by atoms with Gasteiger partial charge in [-0.05, 0) is 19.4 Å². The van der Waals surface area contributed by atoms with Gasteiger partial charge in [0.25, 0.3) is 0 Å². The highest BCUT2D eigenvalue weighted by molar-refractivity contribution is 5.12. The van der Waals surface area contributed by atoms with E-state index in [-0.39, 0.29) is 6.61 Å². The van der Waals surface area contributed by atoms with E-state index >= 15 is 0 Å². The third-order valence-corrected chi connectivity index (χ3v) is 2.77. The number of aliphatic hydroxyl groups is 1. The van der Waals surface area contributed by atoms with E-state index < -0.39 is 0 Å². The third-order valence-electron chi connectivity index (χ3n) is 2.77. The molecule has 0 saturated carbocycles. The van der Waals surface area contributed by atoms with Gasteiger partial charge in [0.05, 0.1) is 30.7 Å². The van der Waals surface area contributed by atoms with Gasteiger partial charge < -0.3 is 5.11 Å². The first-order chi connectivity index (χ1) is 8.26. The molecule has 92 valence electrons. The van der Waals surface area contributed by atoms with E-state index in [1.807, 2.05) is 15.6 Å². The van der Waals surface area contributed by atoms with Crippen molar-refractivity contribution >= 4 is 0 Å². The molecule has 0 saturated heterocycles. The number of hydrogen-bond acceptors (Lipinski definition) is 3. The van der Waals surface area contributed by atoms with Gasteiger partial charge in [-0.15, -0.1) is 0 Å². The summed E-state index contributed by atoms with van der Waals surface area (Å²) in [6.07, 6.45) is 4.49. The van der Waals surface area contributed by atoms with Crippen LogP contribution in [-0.4, -0.2) is 24.7 Å². The minimum atomic E-state index is 0.0350. The predicted molar refractivity (Wildman–Crippen MR) is 64.5 cm³/mol. The normalized spacial score (nSPS) is 11.0. The van der Waals surface area contributed by atoms with Crippen LogP contribution in [0.4, 0.5) is 0 Å². The minimum Gasteiger partial charge on any atom is -0.392 e. The van der Waals surface area contributed by atoms with Crippen LogP contribution in [0, 0.1) is 0 Å². The summed E-state index contributed by atoms with van der Waals surface area (Å²) >= 11 is 0. The summed E-state index contributed by atoms with van der Waals surface area (Å²) < 4.78 is 3.83. The minimum absolute atomic E-state index is 0.0350. The highest BCUT2D eigenvalue weighted by atomic mass is 16.3. The van der Waals surface area contributed by atoms with Gasteiger partial charge in [-0.3, -0.25) is 9.36 Å². The second-order valence-electron chi connectivity index (χ2n) is 4.00. The molecule has 5 nitrogen and oxygen atoms in total. The molecule has 5 heteroatoms. The van der Waals surface area contributed by atoms with E-state index in [0.717, 1.165) is 29.9 Å². The fraction of sp³-hybridized carbons (Fsp3) is 0.500. The summed E-state index contributed by atoms with van der Waals surface area (Å²) in [4.78, 5) is 0. The Balaban J connectivity index is 2.19. The molecule has 0 bridgehead atoms. The molecule has 17 heavy (non-hydrogen) atoms. The Morgan fingerprint density at radius 3 is 2.76 bits per heavy atom. The van der Waals surface area contributed by atoms with Gasteiger partial charge in [0, 0.05) is 18.3 Å². The molecule has 2 rings (SSSR count). The van der Waals surface area contributed by atoms with Gasteiger partial charge >= 0.3 is 0 Å². The molecular weight excluding hydrogens is 216 g/mol. The van der Waals surface area contributed by atoms with Gasteiger partial charge in [-0.2, -0.15) is 10.2 Å². The quantitative estimate of drug-likeness (QED) is 0.845. The zero-order chi connectivity index (χ0) is 12.3. The molecule has 0 spiro atoms. The van der Waals surface area contributed by atoms with Gasteiger partial charge in [-0.25, -0.2) is 0 Å². The average molecular weight is 234 g/mol. The van der Waals surface area contributed by atoms with Crippen molar-refractivity contribution in [2.45, 2.75) is 40.0 Å². The van der Waals surface area contributed by atoms with Crippen molar-refractivity contribution in [2.75, 3.05) is 0 Å². The van der Waals surface area contributed by atoms with Gasteiger partial charge in [0.15, 0.2) is 0 Å². The maximum Gasteiger partial charge on any atom is 0.0828 e. The SMILES string of the molecule is CCc1cc(Cn2cc(CO)cn2)n(CC)n1. The second kappa shape index (κ2) is 5.14. The van der Waals surface area contributed by atoms with E-state index in [0.29, 0.717) is 6.54 Å².